The lowest BCUT2D eigenvalue weighted by atomic mass is 9.98. The second-order valence-electron chi connectivity index (χ2n) is 3.24. The molecule has 1 aliphatic heterocycles. The van der Waals surface area contributed by atoms with Crippen molar-refractivity contribution in [2.24, 2.45) is 11.0 Å². The summed E-state index contributed by atoms with van der Waals surface area (Å²) in [7, 11) is 1.97. The maximum Gasteiger partial charge on any atom is 0.0583 e. The molecule has 2 nitrogen and oxygen atoms in total. The number of allylic oxidation sites excluding steroid dienone is 3. The second kappa shape index (κ2) is 3.57. The Bertz CT molecular complexity index is 247. The van der Waals surface area contributed by atoms with Crippen LogP contribution in [-0.4, -0.2) is 18.3 Å². The Morgan fingerprint density at radius 2 is 2.17 bits per heavy atom. The van der Waals surface area contributed by atoms with E-state index in [0.717, 1.165) is 0 Å². The highest BCUT2D eigenvalue weighted by atomic mass is 15.4. The fraction of sp³-hybridized carbons (Fsp3) is 0.500. The fourth-order valence-electron chi connectivity index (χ4n) is 1.39. The van der Waals surface area contributed by atoms with Gasteiger partial charge in [-0.2, -0.15) is 5.10 Å². The summed E-state index contributed by atoms with van der Waals surface area (Å²) in [5.41, 5.74) is 2.57. The summed E-state index contributed by atoms with van der Waals surface area (Å²) >= 11 is 0. The Labute approximate surface area is 74.3 Å². The second-order valence-corrected chi connectivity index (χ2v) is 3.24. The molecule has 0 fully saturated rings. The van der Waals surface area contributed by atoms with Gasteiger partial charge in [-0.25, -0.2) is 0 Å². The van der Waals surface area contributed by atoms with Gasteiger partial charge in [-0.05, 0) is 24.5 Å². The monoisotopic (exact) mass is 164 g/mol. The summed E-state index contributed by atoms with van der Waals surface area (Å²) in [5, 5.41) is 6.09. The quantitative estimate of drug-likeness (QED) is 0.581. The molecule has 0 N–H and O–H groups in total. The van der Waals surface area contributed by atoms with Crippen molar-refractivity contribution in [1.82, 2.24) is 5.01 Å². The van der Waals surface area contributed by atoms with E-state index in [9.17, 15) is 0 Å². The van der Waals surface area contributed by atoms with Crippen LogP contribution in [-0.2, 0) is 0 Å². The van der Waals surface area contributed by atoms with E-state index in [1.165, 1.54) is 11.3 Å². The van der Waals surface area contributed by atoms with Crippen molar-refractivity contribution >= 4 is 6.21 Å². The number of likely N-dealkylation sites (N-methyl/N-ethyl adjacent to an activating group) is 1. The molecule has 0 atom stereocenters. The molecule has 0 unspecified atom stereocenters. The van der Waals surface area contributed by atoms with Crippen LogP contribution in [0.15, 0.2) is 28.5 Å². The molecule has 0 radical (unpaired) electrons. The third kappa shape index (κ3) is 1.58. The molecule has 0 amide bonds. The van der Waals surface area contributed by atoms with Gasteiger partial charge in [0.15, 0.2) is 0 Å². The third-order valence-corrected chi connectivity index (χ3v) is 2.03. The first-order valence-electron chi connectivity index (χ1n) is 4.31. The Morgan fingerprint density at radius 3 is 2.58 bits per heavy atom. The van der Waals surface area contributed by atoms with Gasteiger partial charge in [0.25, 0.3) is 0 Å². The summed E-state index contributed by atoms with van der Waals surface area (Å²) in [4.78, 5) is 0. The number of hydrogen-bond donors (Lipinski definition) is 0. The average Bonchev–Trinajstić information content (AvgIpc) is 2.03. The first-order valence-corrected chi connectivity index (χ1v) is 4.31. The van der Waals surface area contributed by atoms with Crippen molar-refractivity contribution in [3.63, 3.8) is 0 Å². The van der Waals surface area contributed by atoms with Crippen LogP contribution in [0.25, 0.3) is 0 Å². The molecular formula is C10H16N2. The molecule has 1 rings (SSSR count). The lowest BCUT2D eigenvalue weighted by molar-refractivity contribution is 0.440. The molecule has 0 bridgehead atoms. The third-order valence-electron chi connectivity index (χ3n) is 2.03. The maximum atomic E-state index is 4.18. The van der Waals surface area contributed by atoms with E-state index in [4.69, 9.17) is 0 Å². The topological polar surface area (TPSA) is 15.6 Å². The number of hydrogen-bond acceptors (Lipinski definition) is 2. The van der Waals surface area contributed by atoms with Gasteiger partial charge in [-0.1, -0.05) is 19.9 Å². The number of hydrazone groups is 1. The highest BCUT2D eigenvalue weighted by Crippen LogP contribution is 2.23. The van der Waals surface area contributed by atoms with Gasteiger partial charge >= 0.3 is 0 Å². The van der Waals surface area contributed by atoms with Crippen LogP contribution in [0, 0.1) is 5.92 Å². The summed E-state index contributed by atoms with van der Waals surface area (Å²) in [6.45, 7) is 6.44. The van der Waals surface area contributed by atoms with Crippen LogP contribution in [0.3, 0.4) is 0 Å². The average molecular weight is 164 g/mol. The van der Waals surface area contributed by atoms with Crippen molar-refractivity contribution in [3.05, 3.63) is 23.4 Å². The smallest absolute Gasteiger partial charge is 0.0583 e. The van der Waals surface area contributed by atoms with Crippen molar-refractivity contribution in [2.75, 3.05) is 7.05 Å². The molecule has 0 saturated carbocycles. The van der Waals surface area contributed by atoms with E-state index < -0.39 is 0 Å². The van der Waals surface area contributed by atoms with Crippen LogP contribution in [0.1, 0.15) is 20.8 Å². The molecule has 1 aliphatic rings. The van der Waals surface area contributed by atoms with Gasteiger partial charge in [0.2, 0.25) is 0 Å². The largest absolute Gasteiger partial charge is 0.269 e. The van der Waals surface area contributed by atoms with Crippen molar-refractivity contribution < 1.29 is 0 Å². The highest BCUT2D eigenvalue weighted by Gasteiger charge is 2.13. The Morgan fingerprint density at radius 1 is 1.50 bits per heavy atom. The first kappa shape index (κ1) is 9.04. The molecule has 0 saturated heterocycles. The molecular weight excluding hydrogens is 148 g/mol. The predicted octanol–water partition coefficient (Wildman–Crippen LogP) is 2.40. The van der Waals surface area contributed by atoms with Gasteiger partial charge < -0.3 is 0 Å². The molecule has 1 heterocycles. The first-order chi connectivity index (χ1) is 5.66. The van der Waals surface area contributed by atoms with Crippen LogP contribution < -0.4 is 0 Å². The SMILES string of the molecule is C/C=C1/C(C(C)C)=CC=NN1C. The highest BCUT2D eigenvalue weighted by molar-refractivity contribution is 5.75. The van der Waals surface area contributed by atoms with Gasteiger partial charge in [0.05, 0.1) is 5.70 Å². The van der Waals surface area contributed by atoms with Gasteiger partial charge in [-0.15, -0.1) is 0 Å². The summed E-state index contributed by atoms with van der Waals surface area (Å²) in [6, 6.07) is 0. The van der Waals surface area contributed by atoms with Crippen LogP contribution in [0.2, 0.25) is 0 Å². The Balaban J connectivity index is 2.97. The van der Waals surface area contributed by atoms with E-state index in [1.807, 2.05) is 25.2 Å². The minimum Gasteiger partial charge on any atom is -0.269 e. The molecule has 0 spiro atoms. The number of nitrogens with zero attached hydrogens (tertiary/aromatic N) is 2. The molecule has 0 aromatic carbocycles. The van der Waals surface area contributed by atoms with Gasteiger partial charge in [-0.3, -0.25) is 5.01 Å². The van der Waals surface area contributed by atoms with E-state index in [0.29, 0.717) is 5.92 Å². The standard InChI is InChI=1S/C10H16N2/c1-5-10-9(8(2)3)6-7-11-12(10)4/h5-8H,1-4H3/b10-5-. The van der Waals surface area contributed by atoms with E-state index in [1.54, 1.807) is 0 Å². The van der Waals surface area contributed by atoms with E-state index >= 15 is 0 Å². The maximum absolute atomic E-state index is 4.18. The predicted molar refractivity (Wildman–Crippen MR) is 52.9 cm³/mol. The van der Waals surface area contributed by atoms with Crippen LogP contribution in [0.4, 0.5) is 0 Å². The Kier molecular flexibility index (Phi) is 2.69. The number of rotatable bonds is 1. The minimum absolute atomic E-state index is 0.561. The van der Waals surface area contributed by atoms with E-state index in [-0.39, 0.29) is 0 Å². The molecule has 66 valence electrons. The lowest BCUT2D eigenvalue weighted by Crippen LogP contribution is -2.18. The zero-order chi connectivity index (χ0) is 9.14. The molecule has 2 heteroatoms. The fourth-order valence-corrected chi connectivity index (χ4v) is 1.39. The van der Waals surface area contributed by atoms with Crippen molar-refractivity contribution in [1.29, 1.82) is 0 Å². The van der Waals surface area contributed by atoms with Gasteiger partial charge in [0, 0.05) is 13.3 Å². The molecule has 0 aromatic heterocycles. The summed E-state index contributed by atoms with van der Waals surface area (Å²) in [5.74, 6) is 0.561. The van der Waals surface area contributed by atoms with Gasteiger partial charge in [0.1, 0.15) is 0 Å². The lowest BCUT2D eigenvalue weighted by Gasteiger charge is -2.24. The summed E-state index contributed by atoms with van der Waals surface area (Å²) in [6.07, 6.45) is 6.03. The molecule has 12 heavy (non-hydrogen) atoms. The minimum atomic E-state index is 0.561. The molecule has 0 aromatic rings. The summed E-state index contributed by atoms with van der Waals surface area (Å²) < 4.78 is 0. The van der Waals surface area contributed by atoms with Crippen LogP contribution >= 0.6 is 0 Å². The Hall–Kier alpha value is -1.05. The molecule has 0 aliphatic carbocycles. The van der Waals surface area contributed by atoms with Crippen molar-refractivity contribution in [3.8, 4) is 0 Å². The normalized spacial score (nSPS) is 20.6. The van der Waals surface area contributed by atoms with Crippen LogP contribution in [0.5, 0.6) is 0 Å². The zero-order valence-corrected chi connectivity index (χ0v) is 8.20. The van der Waals surface area contributed by atoms with Crippen molar-refractivity contribution in [2.45, 2.75) is 20.8 Å². The van der Waals surface area contributed by atoms with E-state index in [2.05, 4.69) is 31.1 Å². The zero-order valence-electron chi connectivity index (χ0n) is 8.20.